The Kier molecular flexibility index (Phi) is 5.90. The molecule has 29 heavy (non-hydrogen) atoms. The first kappa shape index (κ1) is 20.0. The number of aryl methyl sites for hydroxylation is 1. The van der Waals surface area contributed by atoms with Crippen molar-refractivity contribution >= 4 is 35.0 Å². The number of hydrogen-bond acceptors (Lipinski definition) is 3. The average Bonchev–Trinajstić information content (AvgIpc) is 3.12. The van der Waals surface area contributed by atoms with Gasteiger partial charge in [-0.1, -0.05) is 70.9 Å². The molecule has 0 spiro atoms. The van der Waals surface area contributed by atoms with Crippen LogP contribution in [0.5, 0.6) is 0 Å². The molecule has 0 amide bonds. The molecule has 0 atom stereocenters. The van der Waals surface area contributed by atoms with Crippen LogP contribution in [-0.4, -0.2) is 14.8 Å². The summed E-state index contributed by atoms with van der Waals surface area (Å²) in [7, 11) is 0. The maximum absolute atomic E-state index is 14.5. The van der Waals surface area contributed by atoms with Crippen LogP contribution in [0.1, 0.15) is 11.1 Å². The highest BCUT2D eigenvalue weighted by Gasteiger charge is 2.19. The van der Waals surface area contributed by atoms with E-state index in [4.69, 9.17) is 23.2 Å². The van der Waals surface area contributed by atoms with Crippen molar-refractivity contribution in [2.45, 2.75) is 17.8 Å². The SMILES string of the molecule is Cc1ccc(-n2c(SCc3c(Cl)cccc3Cl)nnc2-c2ccccc2F)cc1. The minimum atomic E-state index is -0.348. The zero-order valence-corrected chi connectivity index (χ0v) is 17.8. The summed E-state index contributed by atoms with van der Waals surface area (Å²) in [5.41, 5.74) is 3.20. The molecule has 3 aromatic carbocycles. The molecule has 4 rings (SSSR count). The highest BCUT2D eigenvalue weighted by atomic mass is 35.5. The van der Waals surface area contributed by atoms with Gasteiger partial charge in [-0.15, -0.1) is 10.2 Å². The highest BCUT2D eigenvalue weighted by molar-refractivity contribution is 7.98. The number of halogens is 3. The first-order valence-corrected chi connectivity index (χ1v) is 10.6. The van der Waals surface area contributed by atoms with Crippen molar-refractivity contribution < 1.29 is 4.39 Å². The van der Waals surface area contributed by atoms with Crippen LogP contribution in [0.25, 0.3) is 17.1 Å². The van der Waals surface area contributed by atoms with Crippen molar-refractivity contribution in [3.63, 3.8) is 0 Å². The zero-order chi connectivity index (χ0) is 20.4. The number of rotatable bonds is 5. The first-order chi connectivity index (χ1) is 14.0. The minimum absolute atomic E-state index is 0.348. The van der Waals surface area contributed by atoms with Gasteiger partial charge in [0.2, 0.25) is 0 Å². The standard InChI is InChI=1S/C22H16Cl2FN3S/c1-14-9-11-15(12-10-14)28-21(16-5-2-3-8-20(16)25)26-27-22(28)29-13-17-18(23)6-4-7-19(17)24/h2-12H,13H2,1H3. The molecule has 0 aliphatic heterocycles. The molecule has 0 fully saturated rings. The third-order valence-electron chi connectivity index (χ3n) is 4.45. The fraction of sp³-hybridized carbons (Fsp3) is 0.0909. The van der Waals surface area contributed by atoms with Crippen molar-refractivity contribution in [1.29, 1.82) is 0 Å². The normalized spacial score (nSPS) is 11.0. The lowest BCUT2D eigenvalue weighted by molar-refractivity contribution is 0.629. The number of nitrogens with zero attached hydrogens (tertiary/aromatic N) is 3. The second kappa shape index (κ2) is 8.57. The average molecular weight is 444 g/mol. The predicted octanol–water partition coefficient (Wildman–Crippen LogP) is 6.98. The van der Waals surface area contributed by atoms with Gasteiger partial charge in [-0.05, 0) is 48.9 Å². The second-order valence-electron chi connectivity index (χ2n) is 6.45. The predicted molar refractivity (Wildman–Crippen MR) is 118 cm³/mol. The summed E-state index contributed by atoms with van der Waals surface area (Å²) in [4.78, 5) is 0. The summed E-state index contributed by atoms with van der Waals surface area (Å²) in [6.07, 6.45) is 0. The number of benzene rings is 3. The van der Waals surface area contributed by atoms with Crippen LogP contribution in [0.3, 0.4) is 0 Å². The van der Waals surface area contributed by atoms with Crippen LogP contribution >= 0.6 is 35.0 Å². The van der Waals surface area contributed by atoms with Crippen LogP contribution < -0.4 is 0 Å². The fourth-order valence-electron chi connectivity index (χ4n) is 2.91. The van der Waals surface area contributed by atoms with Crippen LogP contribution in [0, 0.1) is 12.7 Å². The lowest BCUT2D eigenvalue weighted by Crippen LogP contribution is -2.01. The largest absolute Gasteiger partial charge is 0.270 e. The molecule has 0 saturated heterocycles. The van der Waals surface area contributed by atoms with Gasteiger partial charge in [0.25, 0.3) is 0 Å². The Morgan fingerprint density at radius 2 is 1.59 bits per heavy atom. The quantitative estimate of drug-likeness (QED) is 0.311. The lowest BCUT2D eigenvalue weighted by atomic mass is 10.2. The summed E-state index contributed by atoms with van der Waals surface area (Å²) in [5.74, 6) is 0.610. The number of aromatic nitrogens is 3. The van der Waals surface area contributed by atoms with Crippen LogP contribution in [0.4, 0.5) is 4.39 Å². The molecular formula is C22H16Cl2FN3S. The topological polar surface area (TPSA) is 30.7 Å². The van der Waals surface area contributed by atoms with Gasteiger partial charge < -0.3 is 0 Å². The van der Waals surface area contributed by atoms with E-state index in [2.05, 4.69) is 10.2 Å². The maximum atomic E-state index is 14.5. The number of thioether (sulfide) groups is 1. The first-order valence-electron chi connectivity index (χ1n) is 8.87. The van der Waals surface area contributed by atoms with Gasteiger partial charge in [-0.3, -0.25) is 4.57 Å². The molecule has 0 aliphatic carbocycles. The van der Waals surface area contributed by atoms with Gasteiger partial charge in [-0.25, -0.2) is 4.39 Å². The van der Waals surface area contributed by atoms with Gasteiger partial charge in [0.15, 0.2) is 11.0 Å². The lowest BCUT2D eigenvalue weighted by Gasteiger charge is -2.12. The van der Waals surface area contributed by atoms with Crippen molar-refractivity contribution in [3.8, 4) is 17.1 Å². The molecule has 0 N–H and O–H groups in total. The maximum Gasteiger partial charge on any atom is 0.196 e. The van der Waals surface area contributed by atoms with E-state index in [-0.39, 0.29) is 5.82 Å². The Bertz CT molecular complexity index is 1140. The molecule has 0 aliphatic rings. The van der Waals surface area contributed by atoms with Gasteiger partial charge >= 0.3 is 0 Å². The summed E-state index contributed by atoms with van der Waals surface area (Å²) in [5, 5.41) is 10.4. The van der Waals surface area contributed by atoms with Crippen LogP contribution in [0.2, 0.25) is 10.0 Å². The van der Waals surface area contributed by atoms with Gasteiger partial charge in [0, 0.05) is 21.5 Å². The Balaban J connectivity index is 1.78. The van der Waals surface area contributed by atoms with E-state index in [0.29, 0.717) is 32.3 Å². The van der Waals surface area contributed by atoms with E-state index in [9.17, 15) is 4.39 Å². The smallest absolute Gasteiger partial charge is 0.196 e. The Morgan fingerprint density at radius 1 is 0.897 bits per heavy atom. The third kappa shape index (κ3) is 4.17. The van der Waals surface area contributed by atoms with E-state index >= 15 is 0 Å². The summed E-state index contributed by atoms with van der Waals surface area (Å²) in [6, 6.07) is 19.9. The zero-order valence-electron chi connectivity index (χ0n) is 15.4. The van der Waals surface area contributed by atoms with Crippen LogP contribution in [0.15, 0.2) is 71.9 Å². The molecule has 0 bridgehead atoms. The molecule has 0 radical (unpaired) electrons. The van der Waals surface area contributed by atoms with Crippen LogP contribution in [-0.2, 0) is 5.75 Å². The summed E-state index contributed by atoms with van der Waals surface area (Å²) >= 11 is 14.1. The molecule has 0 saturated carbocycles. The molecule has 0 unspecified atom stereocenters. The molecular weight excluding hydrogens is 428 g/mol. The Labute approximate surface area is 182 Å². The van der Waals surface area contributed by atoms with E-state index in [1.807, 2.05) is 41.8 Å². The highest BCUT2D eigenvalue weighted by Crippen LogP contribution is 2.34. The number of hydrogen-bond donors (Lipinski definition) is 0. The van der Waals surface area contributed by atoms with Gasteiger partial charge in [0.1, 0.15) is 5.82 Å². The van der Waals surface area contributed by atoms with E-state index in [1.165, 1.54) is 17.8 Å². The Morgan fingerprint density at radius 3 is 2.28 bits per heavy atom. The molecule has 1 aromatic heterocycles. The molecule has 1 heterocycles. The van der Waals surface area contributed by atoms with E-state index in [0.717, 1.165) is 16.8 Å². The Hall–Kier alpha value is -2.34. The summed E-state index contributed by atoms with van der Waals surface area (Å²) in [6.45, 7) is 2.02. The van der Waals surface area contributed by atoms with Gasteiger partial charge in [-0.2, -0.15) is 0 Å². The monoisotopic (exact) mass is 443 g/mol. The fourth-order valence-corrected chi connectivity index (χ4v) is 4.61. The molecule has 4 aromatic rings. The van der Waals surface area contributed by atoms with E-state index < -0.39 is 0 Å². The van der Waals surface area contributed by atoms with Crippen molar-refractivity contribution in [2.75, 3.05) is 0 Å². The molecule has 146 valence electrons. The minimum Gasteiger partial charge on any atom is -0.270 e. The van der Waals surface area contributed by atoms with Crippen molar-refractivity contribution in [1.82, 2.24) is 14.8 Å². The molecule has 3 nitrogen and oxygen atoms in total. The van der Waals surface area contributed by atoms with Crippen molar-refractivity contribution in [2.24, 2.45) is 0 Å². The van der Waals surface area contributed by atoms with Crippen molar-refractivity contribution in [3.05, 3.63) is 93.7 Å². The van der Waals surface area contributed by atoms with E-state index in [1.54, 1.807) is 30.3 Å². The molecule has 7 heteroatoms. The van der Waals surface area contributed by atoms with Gasteiger partial charge in [0.05, 0.1) is 5.56 Å². The second-order valence-corrected chi connectivity index (χ2v) is 8.20. The third-order valence-corrected chi connectivity index (χ3v) is 6.11. The summed E-state index contributed by atoms with van der Waals surface area (Å²) < 4.78 is 16.3.